The normalized spacial score (nSPS) is 23.3. The van der Waals surface area contributed by atoms with Crippen molar-refractivity contribution in [1.29, 1.82) is 0 Å². The molecule has 8 aliphatic heterocycles. The number of hydrogen-bond acceptors (Lipinski definition) is 11. The van der Waals surface area contributed by atoms with Gasteiger partial charge < -0.3 is 35.2 Å². The molecule has 77 heavy (non-hydrogen) atoms. The first-order valence-electron chi connectivity index (χ1n) is 26.7. The van der Waals surface area contributed by atoms with Crippen LogP contribution in [0.25, 0.3) is 0 Å². The Morgan fingerprint density at radius 3 is 1.65 bits per heavy atom. The van der Waals surface area contributed by atoms with Crippen LogP contribution in [0.4, 0.5) is 20.2 Å². The first-order chi connectivity index (χ1) is 37.2. The van der Waals surface area contributed by atoms with Gasteiger partial charge in [-0.15, -0.1) is 12.8 Å². The average Bonchev–Trinajstić information content (AvgIpc) is 3.47. The molecule has 4 bridgehead atoms. The Kier molecular flexibility index (Phi) is 18.7. The molecule has 2 atom stereocenters. The van der Waals surface area contributed by atoms with Crippen LogP contribution in [0.2, 0.25) is 0 Å². The fourth-order valence-corrected chi connectivity index (χ4v) is 11.8. The summed E-state index contributed by atoms with van der Waals surface area (Å²) in [5, 5.41) is 24.2. The standard InChI is InChI=1S/C28H31FN2O2.C18H16FNO.C8H16N2.C7H6N2O4/c1-2-19-33-24-8-5-21-10-15-31(27(25(21)20-24)22-3-6-23(29)7-4-22)26(32)9-11-28-12-16-30(17-13-28)18-14-28;1-2-11-21-16-8-5-13-9-10-20-18(17(13)12-16)14-3-6-15(19)7-4-14;9-7-8-1-4-10(5-2-8)6-3-8;1-5-6(8(10)11)3-2-4-7(5)9(12)13/h1,3-8,20,27H,9-19H2;1,3-8,12,18,20H,9-11H2;1-7,9H2;2-4H,1H3/t27-;18-;;/m00../s1. The zero-order valence-electron chi connectivity index (χ0n) is 43.9. The summed E-state index contributed by atoms with van der Waals surface area (Å²) in [5.41, 5.74) is 12.9. The summed E-state index contributed by atoms with van der Waals surface area (Å²) in [7, 11) is 0. The Hall–Kier alpha value is -7.21. The number of benzene rings is 5. The van der Waals surface area contributed by atoms with Crippen molar-refractivity contribution < 1.29 is 32.9 Å². The molecule has 1 amide bonds. The van der Waals surface area contributed by atoms with Gasteiger partial charge in [0.15, 0.2) is 0 Å². The summed E-state index contributed by atoms with van der Waals surface area (Å²) in [4.78, 5) is 40.2. The lowest BCUT2D eigenvalue weighted by molar-refractivity contribution is -0.395. The number of carbonyl (C=O) groups excluding carboxylic acids is 1. The number of nitrogens with one attached hydrogen (secondary N) is 1. The van der Waals surface area contributed by atoms with E-state index >= 15 is 0 Å². The predicted molar refractivity (Wildman–Crippen MR) is 293 cm³/mol. The lowest BCUT2D eigenvalue weighted by atomic mass is 9.69. The average molecular weight is 1050 g/mol. The molecular formula is C61H69F2N7O7. The number of rotatable bonds is 12. The first kappa shape index (κ1) is 56.0. The van der Waals surface area contributed by atoms with E-state index in [0.29, 0.717) is 29.5 Å². The second-order valence-corrected chi connectivity index (χ2v) is 21.0. The highest BCUT2D eigenvalue weighted by atomic mass is 19.1. The van der Waals surface area contributed by atoms with E-state index in [-0.39, 0.29) is 59.8 Å². The van der Waals surface area contributed by atoms with Gasteiger partial charge in [-0.2, -0.15) is 0 Å². The molecule has 0 spiro atoms. The van der Waals surface area contributed by atoms with Crippen LogP contribution in [-0.2, 0) is 17.6 Å². The largest absolute Gasteiger partial charge is 0.481 e. The first-order valence-corrected chi connectivity index (χ1v) is 26.7. The molecule has 14 nitrogen and oxygen atoms in total. The van der Waals surface area contributed by atoms with Gasteiger partial charge in [0, 0.05) is 31.6 Å². The van der Waals surface area contributed by atoms with Crippen molar-refractivity contribution in [1.82, 2.24) is 20.0 Å². The monoisotopic (exact) mass is 1050 g/mol. The van der Waals surface area contributed by atoms with Crippen molar-refractivity contribution in [3.63, 3.8) is 0 Å². The number of carbonyl (C=O) groups is 1. The second-order valence-electron chi connectivity index (χ2n) is 21.0. The fraction of sp³-hybridized carbons (Fsp3) is 0.426. The third-order valence-electron chi connectivity index (χ3n) is 16.6. The molecule has 0 radical (unpaired) electrons. The van der Waals surface area contributed by atoms with Crippen LogP contribution in [-0.4, -0.2) is 103 Å². The summed E-state index contributed by atoms with van der Waals surface area (Å²) in [6.45, 7) is 11.7. The molecule has 8 heterocycles. The third-order valence-corrected chi connectivity index (χ3v) is 16.6. The Balaban J connectivity index is 0.000000151. The van der Waals surface area contributed by atoms with Gasteiger partial charge >= 0.3 is 0 Å². The minimum absolute atomic E-state index is 0.0590. The van der Waals surface area contributed by atoms with E-state index in [2.05, 4.69) is 39.1 Å². The summed E-state index contributed by atoms with van der Waals surface area (Å²) in [6, 6.07) is 28.8. The molecule has 13 rings (SSSR count). The SMILES string of the molecule is C#CCOc1ccc2c(c1)[C@H](c1ccc(F)cc1)N(C(=O)CCC13CCN(CC1)CC3)CC2.C#CCOc1ccc2c(c1)[C@H](c1ccc(F)cc1)NCC2.Cc1c([N+](=O)[O-])cccc1[N+](=O)[O-].NCC12CCN(CC1)CC2. The third kappa shape index (κ3) is 13.9. The summed E-state index contributed by atoms with van der Waals surface area (Å²) in [5.74, 6) is 6.12. The van der Waals surface area contributed by atoms with E-state index in [9.17, 15) is 33.8 Å². The summed E-state index contributed by atoms with van der Waals surface area (Å²) in [6.07, 6.45) is 21.6. The van der Waals surface area contributed by atoms with Gasteiger partial charge in [-0.05, 0) is 209 Å². The molecule has 5 aromatic rings. The maximum atomic E-state index is 13.7. The molecule has 0 aromatic heterocycles. The Labute approximate surface area is 450 Å². The van der Waals surface area contributed by atoms with Gasteiger partial charge in [0.25, 0.3) is 11.4 Å². The van der Waals surface area contributed by atoms with Crippen LogP contribution >= 0.6 is 0 Å². The van der Waals surface area contributed by atoms with Gasteiger partial charge in [-0.25, -0.2) is 8.78 Å². The second kappa shape index (κ2) is 25.8. The number of nitrogens with zero attached hydrogens (tertiary/aromatic N) is 5. The number of piperidine rings is 6. The van der Waals surface area contributed by atoms with Crippen molar-refractivity contribution >= 4 is 17.3 Å². The predicted octanol–water partition coefficient (Wildman–Crippen LogP) is 9.89. The number of nitro benzene ring substituents is 2. The Morgan fingerprint density at radius 1 is 0.688 bits per heavy atom. The number of amides is 1. The molecule has 0 aliphatic carbocycles. The highest BCUT2D eigenvalue weighted by Gasteiger charge is 2.41. The topological polar surface area (TPSA) is 170 Å². The van der Waals surface area contributed by atoms with Gasteiger partial charge in [0.05, 0.1) is 21.9 Å². The van der Waals surface area contributed by atoms with Gasteiger partial charge in [0.2, 0.25) is 5.91 Å². The zero-order valence-corrected chi connectivity index (χ0v) is 43.9. The molecule has 6 fully saturated rings. The van der Waals surface area contributed by atoms with Gasteiger partial charge in [0.1, 0.15) is 41.9 Å². The number of ether oxygens (including phenoxy) is 2. The number of nitro groups is 2. The number of halogens is 2. The fourth-order valence-electron chi connectivity index (χ4n) is 11.8. The van der Waals surface area contributed by atoms with Crippen LogP contribution in [0, 0.1) is 74.3 Å². The van der Waals surface area contributed by atoms with E-state index in [1.807, 2.05) is 41.3 Å². The molecule has 6 saturated heterocycles. The van der Waals surface area contributed by atoms with Crippen LogP contribution in [0.15, 0.2) is 103 Å². The lowest BCUT2D eigenvalue weighted by Gasteiger charge is -2.49. The van der Waals surface area contributed by atoms with Crippen LogP contribution in [0.3, 0.4) is 0 Å². The van der Waals surface area contributed by atoms with Crippen molar-refractivity contribution in [3.8, 4) is 36.2 Å². The molecule has 16 heteroatoms. The van der Waals surface area contributed by atoms with E-state index in [1.165, 1.54) is 144 Å². The summed E-state index contributed by atoms with van der Waals surface area (Å²) >= 11 is 0. The quantitative estimate of drug-likeness (QED) is 0.0693. The van der Waals surface area contributed by atoms with Crippen LogP contribution < -0.4 is 20.5 Å². The van der Waals surface area contributed by atoms with Crippen LogP contribution in [0.1, 0.15) is 102 Å². The number of nitrogens with two attached hydrogens (primary N) is 1. The number of fused-ring (bicyclic) bond motifs is 8. The van der Waals surface area contributed by atoms with Crippen molar-refractivity contribution in [2.45, 2.75) is 83.2 Å². The van der Waals surface area contributed by atoms with E-state index in [4.69, 9.17) is 28.1 Å². The Morgan fingerprint density at radius 2 is 1.17 bits per heavy atom. The zero-order chi connectivity index (χ0) is 54.5. The minimum Gasteiger partial charge on any atom is -0.481 e. The lowest BCUT2D eigenvalue weighted by Crippen LogP contribution is -2.51. The van der Waals surface area contributed by atoms with Crippen molar-refractivity contribution in [3.05, 3.63) is 174 Å². The smallest absolute Gasteiger partial charge is 0.279 e. The molecule has 8 aliphatic rings. The maximum absolute atomic E-state index is 13.7. The molecular weight excluding hydrogens is 981 g/mol. The number of hydrogen-bond donors (Lipinski definition) is 2. The highest BCUT2D eigenvalue weighted by molar-refractivity contribution is 5.78. The van der Waals surface area contributed by atoms with Gasteiger partial charge in [-0.3, -0.25) is 25.0 Å². The minimum atomic E-state index is -0.637. The highest BCUT2D eigenvalue weighted by Crippen LogP contribution is 2.45. The van der Waals surface area contributed by atoms with E-state index in [1.54, 1.807) is 12.1 Å². The maximum Gasteiger partial charge on any atom is 0.279 e. The van der Waals surface area contributed by atoms with E-state index in [0.717, 1.165) is 54.8 Å². The van der Waals surface area contributed by atoms with Gasteiger partial charge in [-0.1, -0.05) is 48.2 Å². The number of terminal acetylenes is 2. The summed E-state index contributed by atoms with van der Waals surface area (Å²) < 4.78 is 38.0. The van der Waals surface area contributed by atoms with E-state index < -0.39 is 9.85 Å². The van der Waals surface area contributed by atoms with Crippen molar-refractivity contribution in [2.24, 2.45) is 16.6 Å². The Bertz CT molecular complexity index is 2880. The van der Waals surface area contributed by atoms with Crippen molar-refractivity contribution in [2.75, 3.05) is 72.1 Å². The van der Waals surface area contributed by atoms with Crippen LogP contribution in [0.5, 0.6) is 11.5 Å². The molecule has 404 valence electrons. The molecule has 5 aromatic carbocycles. The molecule has 0 saturated carbocycles. The molecule has 3 N–H and O–H groups in total. The molecule has 0 unspecified atom stereocenters.